The highest BCUT2D eigenvalue weighted by Crippen LogP contribution is 2.43. The smallest absolute Gasteiger partial charge is 0.144 e. The summed E-state index contributed by atoms with van der Waals surface area (Å²) in [5.41, 5.74) is 3.67. The Hall–Kier alpha value is -1.81. The second kappa shape index (κ2) is 5.90. The molecule has 0 spiro atoms. The predicted octanol–water partition coefficient (Wildman–Crippen LogP) is 3.26. The van der Waals surface area contributed by atoms with Crippen LogP contribution in [0.2, 0.25) is 0 Å². The minimum absolute atomic E-state index is 0.478. The van der Waals surface area contributed by atoms with E-state index in [9.17, 15) is 0 Å². The Kier molecular flexibility index (Phi) is 3.97. The van der Waals surface area contributed by atoms with Crippen molar-refractivity contribution >= 4 is 0 Å². The van der Waals surface area contributed by atoms with Crippen molar-refractivity contribution < 1.29 is 4.74 Å². The molecule has 3 rings (SSSR count). The number of para-hydroxylation sites is 2. The number of aromatic nitrogens is 2. The molecule has 1 aromatic heterocycles. The topological polar surface area (TPSA) is 39.1 Å². The van der Waals surface area contributed by atoms with Crippen LogP contribution in [0.15, 0.2) is 30.5 Å². The zero-order valence-electron chi connectivity index (χ0n) is 13.0. The molecule has 0 radical (unpaired) electrons. The Balaban J connectivity index is 1.98. The van der Waals surface area contributed by atoms with Crippen LogP contribution < -0.4 is 10.1 Å². The molecule has 0 bridgehead atoms. The molecule has 0 aliphatic heterocycles. The maximum atomic E-state index is 5.49. The average Bonchev–Trinajstić information content (AvgIpc) is 3.24. The summed E-state index contributed by atoms with van der Waals surface area (Å²) in [6.07, 6.45) is 4.51. The van der Waals surface area contributed by atoms with Crippen LogP contribution in [0.25, 0.3) is 5.69 Å². The molecule has 1 aliphatic rings. The first kappa shape index (κ1) is 14.1. The van der Waals surface area contributed by atoms with Crippen molar-refractivity contribution in [2.24, 2.45) is 0 Å². The number of methoxy groups -OCH3 is 1. The molecule has 1 heterocycles. The molecule has 0 saturated heterocycles. The standard InChI is InChI=1S/C17H23N3O/c1-12(2)18-10-14-11-19-20(17(14)13-8-9-13)15-6-4-5-7-16(15)21-3/h4-7,11-13,18H,8-10H2,1-3H3. The number of ether oxygens (including phenoxy) is 1. The fourth-order valence-electron chi connectivity index (χ4n) is 2.63. The maximum absolute atomic E-state index is 5.49. The molecule has 21 heavy (non-hydrogen) atoms. The second-order valence-electron chi connectivity index (χ2n) is 5.95. The Morgan fingerprint density at radius 1 is 1.33 bits per heavy atom. The van der Waals surface area contributed by atoms with Crippen LogP contribution in [-0.4, -0.2) is 22.9 Å². The lowest BCUT2D eigenvalue weighted by molar-refractivity contribution is 0.411. The number of benzene rings is 1. The Bertz CT molecular complexity index is 614. The molecule has 4 nitrogen and oxygen atoms in total. The fourth-order valence-corrected chi connectivity index (χ4v) is 2.63. The quantitative estimate of drug-likeness (QED) is 0.885. The highest BCUT2D eigenvalue weighted by atomic mass is 16.5. The van der Waals surface area contributed by atoms with Gasteiger partial charge >= 0.3 is 0 Å². The summed E-state index contributed by atoms with van der Waals surface area (Å²) in [7, 11) is 1.71. The summed E-state index contributed by atoms with van der Waals surface area (Å²) < 4.78 is 7.55. The summed E-state index contributed by atoms with van der Waals surface area (Å²) >= 11 is 0. The number of rotatable bonds is 6. The first-order valence-corrected chi connectivity index (χ1v) is 7.64. The van der Waals surface area contributed by atoms with E-state index in [0.29, 0.717) is 12.0 Å². The van der Waals surface area contributed by atoms with E-state index < -0.39 is 0 Å². The van der Waals surface area contributed by atoms with E-state index in [1.165, 1.54) is 24.1 Å². The molecule has 1 aromatic carbocycles. The molecule has 0 unspecified atom stereocenters. The second-order valence-corrected chi connectivity index (χ2v) is 5.95. The largest absolute Gasteiger partial charge is 0.494 e. The molecule has 0 amide bonds. The van der Waals surface area contributed by atoms with Gasteiger partial charge < -0.3 is 10.1 Å². The van der Waals surface area contributed by atoms with E-state index >= 15 is 0 Å². The van der Waals surface area contributed by atoms with Gasteiger partial charge in [-0.25, -0.2) is 4.68 Å². The van der Waals surface area contributed by atoms with Gasteiger partial charge in [-0.2, -0.15) is 5.10 Å². The monoisotopic (exact) mass is 285 g/mol. The van der Waals surface area contributed by atoms with Crippen LogP contribution in [0.3, 0.4) is 0 Å². The molecule has 1 aliphatic carbocycles. The van der Waals surface area contributed by atoms with Gasteiger partial charge in [-0.15, -0.1) is 0 Å². The highest BCUT2D eigenvalue weighted by Gasteiger charge is 2.31. The van der Waals surface area contributed by atoms with Crippen LogP contribution in [0, 0.1) is 0 Å². The van der Waals surface area contributed by atoms with Crippen LogP contribution in [0.5, 0.6) is 5.75 Å². The van der Waals surface area contributed by atoms with E-state index in [1.54, 1.807) is 7.11 Å². The molecular weight excluding hydrogens is 262 g/mol. The van der Waals surface area contributed by atoms with Crippen LogP contribution >= 0.6 is 0 Å². The van der Waals surface area contributed by atoms with Gasteiger partial charge in [0, 0.05) is 24.1 Å². The minimum Gasteiger partial charge on any atom is -0.494 e. The van der Waals surface area contributed by atoms with E-state index in [1.807, 2.05) is 24.4 Å². The van der Waals surface area contributed by atoms with Crippen LogP contribution in [0.4, 0.5) is 0 Å². The van der Waals surface area contributed by atoms with Gasteiger partial charge in [-0.1, -0.05) is 26.0 Å². The van der Waals surface area contributed by atoms with E-state index in [2.05, 4.69) is 35.0 Å². The molecule has 2 aromatic rings. The SMILES string of the molecule is COc1ccccc1-n1ncc(CNC(C)C)c1C1CC1. The van der Waals surface area contributed by atoms with Crippen molar-refractivity contribution in [1.82, 2.24) is 15.1 Å². The first-order chi connectivity index (χ1) is 10.2. The van der Waals surface area contributed by atoms with Gasteiger partial charge in [0.25, 0.3) is 0 Å². The Morgan fingerprint density at radius 3 is 2.76 bits per heavy atom. The van der Waals surface area contributed by atoms with Crippen molar-refractivity contribution in [3.8, 4) is 11.4 Å². The van der Waals surface area contributed by atoms with Crippen LogP contribution in [-0.2, 0) is 6.54 Å². The third kappa shape index (κ3) is 2.95. The van der Waals surface area contributed by atoms with Crippen molar-refractivity contribution in [3.63, 3.8) is 0 Å². The molecule has 1 N–H and O–H groups in total. The third-order valence-electron chi connectivity index (χ3n) is 3.86. The fraction of sp³-hybridized carbons (Fsp3) is 0.471. The van der Waals surface area contributed by atoms with Crippen LogP contribution in [0.1, 0.15) is 43.9 Å². The van der Waals surface area contributed by atoms with Crippen molar-refractivity contribution in [2.45, 2.75) is 45.2 Å². The summed E-state index contributed by atoms with van der Waals surface area (Å²) in [5.74, 6) is 1.51. The van der Waals surface area contributed by atoms with Crippen molar-refractivity contribution in [1.29, 1.82) is 0 Å². The lowest BCUT2D eigenvalue weighted by Gasteiger charge is -2.13. The lowest BCUT2D eigenvalue weighted by Crippen LogP contribution is -2.22. The Morgan fingerprint density at radius 2 is 2.10 bits per heavy atom. The molecule has 0 atom stereocenters. The van der Waals surface area contributed by atoms with E-state index in [0.717, 1.165) is 18.0 Å². The summed E-state index contributed by atoms with van der Waals surface area (Å²) in [6, 6.07) is 8.55. The number of hydrogen-bond donors (Lipinski definition) is 1. The predicted molar refractivity (Wildman–Crippen MR) is 84.1 cm³/mol. The van der Waals surface area contributed by atoms with Gasteiger partial charge in [0.15, 0.2) is 0 Å². The molecule has 112 valence electrons. The molecule has 1 saturated carbocycles. The van der Waals surface area contributed by atoms with Gasteiger partial charge in [-0.3, -0.25) is 0 Å². The van der Waals surface area contributed by atoms with Gasteiger partial charge in [0.05, 0.1) is 19.0 Å². The first-order valence-electron chi connectivity index (χ1n) is 7.64. The van der Waals surface area contributed by atoms with E-state index in [4.69, 9.17) is 4.74 Å². The van der Waals surface area contributed by atoms with E-state index in [-0.39, 0.29) is 0 Å². The third-order valence-corrected chi connectivity index (χ3v) is 3.86. The molecular formula is C17H23N3O. The zero-order valence-corrected chi connectivity index (χ0v) is 13.0. The highest BCUT2D eigenvalue weighted by molar-refractivity contribution is 5.48. The Labute approximate surface area is 126 Å². The van der Waals surface area contributed by atoms with Gasteiger partial charge in [0.2, 0.25) is 0 Å². The zero-order chi connectivity index (χ0) is 14.8. The van der Waals surface area contributed by atoms with Crippen molar-refractivity contribution in [2.75, 3.05) is 7.11 Å². The average molecular weight is 285 g/mol. The number of hydrogen-bond acceptors (Lipinski definition) is 3. The minimum atomic E-state index is 0.478. The normalized spacial score (nSPS) is 14.7. The summed E-state index contributed by atoms with van der Waals surface area (Å²) in [6.45, 7) is 5.21. The molecule has 4 heteroatoms. The summed E-state index contributed by atoms with van der Waals surface area (Å²) in [4.78, 5) is 0. The maximum Gasteiger partial charge on any atom is 0.144 e. The van der Waals surface area contributed by atoms with Gasteiger partial charge in [0.1, 0.15) is 11.4 Å². The van der Waals surface area contributed by atoms with Crippen molar-refractivity contribution in [3.05, 3.63) is 41.7 Å². The summed E-state index contributed by atoms with van der Waals surface area (Å²) in [5, 5.41) is 8.12. The number of nitrogens with zero attached hydrogens (tertiary/aromatic N) is 2. The molecule has 1 fully saturated rings. The number of nitrogens with one attached hydrogen (secondary N) is 1. The lowest BCUT2D eigenvalue weighted by atomic mass is 10.1. The van der Waals surface area contributed by atoms with Gasteiger partial charge in [-0.05, 0) is 25.0 Å².